The van der Waals surface area contributed by atoms with Crippen molar-refractivity contribution in [1.82, 2.24) is 0 Å². The van der Waals surface area contributed by atoms with Crippen LogP contribution < -0.4 is 0 Å². The van der Waals surface area contributed by atoms with E-state index >= 15 is 0 Å². The summed E-state index contributed by atoms with van der Waals surface area (Å²) >= 11 is 2.59. The molecule has 27 heavy (non-hydrogen) atoms. The fraction of sp³-hybridized carbons (Fsp3) is 0.231. The third-order valence-corrected chi connectivity index (χ3v) is 6.95. The Labute approximate surface area is 175 Å². The van der Waals surface area contributed by atoms with Crippen molar-refractivity contribution in [2.45, 2.75) is 36.0 Å². The molecule has 0 fully saturated rings. The zero-order chi connectivity index (χ0) is 18.8. The van der Waals surface area contributed by atoms with Crippen LogP contribution in [0.2, 0.25) is 0 Å². The van der Waals surface area contributed by atoms with Crippen LogP contribution in [0, 0.1) is 0 Å². The number of hydrogen-bond donors (Lipinski definition) is 0. The van der Waals surface area contributed by atoms with Gasteiger partial charge in [0.2, 0.25) is 0 Å². The second-order valence-corrected chi connectivity index (χ2v) is 11.0. The van der Waals surface area contributed by atoms with Crippen molar-refractivity contribution in [1.29, 1.82) is 0 Å². The molecule has 3 aromatic rings. The first-order valence-corrected chi connectivity index (χ1v) is 10.7. The Balaban J connectivity index is 1.72. The van der Waals surface area contributed by atoms with E-state index in [4.69, 9.17) is 0 Å². The van der Waals surface area contributed by atoms with Crippen LogP contribution in [0.3, 0.4) is 0 Å². The van der Waals surface area contributed by atoms with E-state index in [9.17, 15) is 0 Å². The highest BCUT2D eigenvalue weighted by Crippen LogP contribution is 2.54. The monoisotopic (exact) mass is 462 g/mol. The molecule has 0 nitrogen and oxygen atoms in total. The van der Waals surface area contributed by atoms with Gasteiger partial charge >= 0.3 is 0 Å². The minimum Gasteiger partial charge on any atom is -0.0747 e. The summed E-state index contributed by atoms with van der Waals surface area (Å²) in [7, 11) is 0. The summed E-state index contributed by atoms with van der Waals surface area (Å²) in [4.78, 5) is 0. The van der Waals surface area contributed by atoms with Crippen molar-refractivity contribution < 1.29 is 0 Å². The molecule has 5 rings (SSSR count). The third-order valence-electron chi connectivity index (χ3n) is 6.20. The average Bonchev–Trinajstić information content (AvgIpc) is 2.87. The Kier molecular flexibility index (Phi) is 3.71. The van der Waals surface area contributed by atoms with Crippen LogP contribution in [-0.2, 0) is 5.41 Å². The second kappa shape index (κ2) is 5.81. The summed E-state index contributed by atoms with van der Waals surface area (Å²) in [5.74, 6) is 0. The normalized spacial score (nSPS) is 22.8. The van der Waals surface area contributed by atoms with Crippen molar-refractivity contribution in [3.05, 3.63) is 89.5 Å². The minimum absolute atomic E-state index is 0.0502. The summed E-state index contributed by atoms with van der Waals surface area (Å²) in [6, 6.07) is 22.4. The molecule has 3 aromatic carbocycles. The van der Waals surface area contributed by atoms with Crippen LogP contribution in [0.25, 0.3) is 27.5 Å². The molecule has 0 N–H and O–H groups in total. The molecule has 1 unspecified atom stereocenters. The highest BCUT2D eigenvalue weighted by molar-refractivity contribution is 14.1. The van der Waals surface area contributed by atoms with Crippen LogP contribution in [0.15, 0.2) is 78.4 Å². The summed E-state index contributed by atoms with van der Waals surface area (Å²) < 4.78 is 0.217. The number of benzene rings is 3. The molecule has 2 aliphatic carbocycles. The molecular weight excluding hydrogens is 439 g/mol. The highest BCUT2D eigenvalue weighted by atomic mass is 127. The molecule has 0 amide bonds. The molecule has 0 spiro atoms. The molecule has 2 aliphatic rings. The first kappa shape index (κ1) is 17.2. The Morgan fingerprint density at radius 1 is 0.852 bits per heavy atom. The van der Waals surface area contributed by atoms with E-state index in [2.05, 4.69) is 116 Å². The molecule has 0 aliphatic heterocycles. The van der Waals surface area contributed by atoms with Crippen LogP contribution in [0.5, 0.6) is 0 Å². The lowest BCUT2D eigenvalue weighted by Gasteiger charge is -2.29. The van der Waals surface area contributed by atoms with Gasteiger partial charge in [-0.2, -0.15) is 0 Å². The third kappa shape index (κ3) is 2.62. The van der Waals surface area contributed by atoms with Gasteiger partial charge in [0, 0.05) is 8.84 Å². The van der Waals surface area contributed by atoms with E-state index in [0.717, 1.165) is 6.42 Å². The van der Waals surface area contributed by atoms with Crippen LogP contribution in [-0.4, -0.2) is 3.42 Å². The number of hydrogen-bond acceptors (Lipinski definition) is 0. The van der Waals surface area contributed by atoms with Gasteiger partial charge in [0.15, 0.2) is 0 Å². The first-order valence-electron chi connectivity index (χ1n) is 9.63. The topological polar surface area (TPSA) is 0 Å². The van der Waals surface area contributed by atoms with Crippen LogP contribution >= 0.6 is 22.6 Å². The molecule has 0 heterocycles. The van der Waals surface area contributed by atoms with E-state index < -0.39 is 0 Å². The molecule has 0 saturated heterocycles. The van der Waals surface area contributed by atoms with E-state index in [1.165, 1.54) is 44.2 Å². The molecular formula is C26H23I. The molecule has 1 atom stereocenters. The summed E-state index contributed by atoms with van der Waals surface area (Å²) in [5.41, 5.74) is 8.51. The van der Waals surface area contributed by atoms with Crippen LogP contribution in [0.1, 0.15) is 38.3 Å². The predicted octanol–water partition coefficient (Wildman–Crippen LogP) is 7.71. The van der Waals surface area contributed by atoms with Crippen molar-refractivity contribution in [2.24, 2.45) is 0 Å². The minimum atomic E-state index is 0.0502. The number of alkyl halides is 1. The fourth-order valence-corrected chi connectivity index (χ4v) is 5.24. The zero-order valence-corrected chi connectivity index (χ0v) is 18.2. The van der Waals surface area contributed by atoms with Crippen molar-refractivity contribution in [3.8, 4) is 11.1 Å². The lowest BCUT2D eigenvalue weighted by molar-refractivity contribution is 0.647. The Morgan fingerprint density at radius 2 is 1.63 bits per heavy atom. The van der Waals surface area contributed by atoms with E-state index in [-0.39, 0.29) is 8.84 Å². The maximum atomic E-state index is 2.59. The van der Waals surface area contributed by atoms with Gasteiger partial charge in [0.05, 0.1) is 0 Å². The van der Waals surface area contributed by atoms with Gasteiger partial charge in [-0.3, -0.25) is 0 Å². The first-order chi connectivity index (χ1) is 12.9. The van der Waals surface area contributed by atoms with Gasteiger partial charge in [-0.15, -0.1) is 0 Å². The van der Waals surface area contributed by atoms with Crippen molar-refractivity contribution in [2.75, 3.05) is 0 Å². The fourth-order valence-electron chi connectivity index (χ4n) is 4.71. The molecule has 0 aromatic heterocycles. The number of rotatable bonds is 1. The maximum absolute atomic E-state index is 2.59. The number of allylic oxidation sites excluding steroid dienone is 4. The zero-order valence-electron chi connectivity index (χ0n) is 16.0. The Bertz CT molecular complexity index is 1140. The summed E-state index contributed by atoms with van der Waals surface area (Å²) in [6.07, 6.45) is 6.06. The lowest BCUT2D eigenvalue weighted by atomic mass is 9.78. The van der Waals surface area contributed by atoms with Gasteiger partial charge in [-0.1, -0.05) is 103 Å². The summed E-state index contributed by atoms with van der Waals surface area (Å²) in [5, 5.41) is 2.63. The Hall–Kier alpha value is -1.87. The van der Waals surface area contributed by atoms with E-state index in [0.29, 0.717) is 0 Å². The SMILES string of the molecule is CC1(I)C=C2C(=CC1)c1ccc(-c3cccc4ccccc34)cc1C2(C)C. The molecule has 1 heteroatoms. The lowest BCUT2D eigenvalue weighted by Crippen LogP contribution is -2.22. The average molecular weight is 462 g/mol. The van der Waals surface area contributed by atoms with Gasteiger partial charge < -0.3 is 0 Å². The van der Waals surface area contributed by atoms with Crippen molar-refractivity contribution >= 4 is 38.9 Å². The predicted molar refractivity (Wildman–Crippen MR) is 126 cm³/mol. The van der Waals surface area contributed by atoms with Gasteiger partial charge in [0.25, 0.3) is 0 Å². The quantitative estimate of drug-likeness (QED) is 0.257. The molecule has 134 valence electrons. The largest absolute Gasteiger partial charge is 0.0747 e. The molecule has 0 radical (unpaired) electrons. The summed E-state index contributed by atoms with van der Waals surface area (Å²) in [6.45, 7) is 7.08. The van der Waals surface area contributed by atoms with Crippen molar-refractivity contribution in [3.63, 3.8) is 0 Å². The number of fused-ring (bicyclic) bond motifs is 4. The second-order valence-electron chi connectivity index (χ2n) is 8.57. The van der Waals surface area contributed by atoms with E-state index in [1.54, 1.807) is 0 Å². The standard InChI is InChI=1S/C26H23I/c1-25(2)23-15-18(20-10-6-8-17-7-4-5-9-19(17)20)11-12-21(23)22-13-14-26(3,27)16-24(22)25/h4-13,15-16H,14H2,1-3H3. The van der Waals surface area contributed by atoms with Gasteiger partial charge in [-0.25, -0.2) is 0 Å². The van der Waals surface area contributed by atoms with Gasteiger partial charge in [-0.05, 0) is 63.6 Å². The smallest absolute Gasteiger partial charge is 0.0413 e. The Morgan fingerprint density at radius 3 is 2.48 bits per heavy atom. The van der Waals surface area contributed by atoms with Gasteiger partial charge in [0.1, 0.15) is 0 Å². The maximum Gasteiger partial charge on any atom is 0.0413 e. The highest BCUT2D eigenvalue weighted by Gasteiger charge is 2.41. The van der Waals surface area contributed by atoms with Crippen LogP contribution in [0.4, 0.5) is 0 Å². The van der Waals surface area contributed by atoms with E-state index in [1.807, 2.05) is 0 Å². The number of halogens is 1. The molecule has 0 saturated carbocycles. The molecule has 0 bridgehead atoms.